The number of hydrogen-bond donors (Lipinski definition) is 0. The third-order valence-corrected chi connectivity index (χ3v) is 3.31. The second-order valence-corrected chi connectivity index (χ2v) is 5.65. The van der Waals surface area contributed by atoms with E-state index in [1.54, 1.807) is 26.2 Å². The van der Waals surface area contributed by atoms with Gasteiger partial charge in [-0.3, -0.25) is 19.3 Å². The molecule has 0 spiro atoms. The largest absolute Gasteiger partial charge is 0.378 e. The highest BCUT2D eigenvalue weighted by atomic mass is 16.2. The SMILES string of the molecule is CN(C)C(=O)C(=CC=Cc1ccc(N(C)C)cc1)C(=O)N(C)C=O. The Labute approximate surface area is 142 Å². The van der Waals surface area contributed by atoms with Crippen LogP contribution in [0.3, 0.4) is 0 Å². The second-order valence-electron chi connectivity index (χ2n) is 5.65. The van der Waals surface area contributed by atoms with Gasteiger partial charge in [0.1, 0.15) is 5.57 Å². The van der Waals surface area contributed by atoms with E-state index < -0.39 is 11.8 Å². The molecule has 0 saturated heterocycles. The predicted octanol–water partition coefficient (Wildman–Crippen LogP) is 1.40. The maximum absolute atomic E-state index is 12.1. The van der Waals surface area contributed by atoms with Crippen LogP contribution in [0.15, 0.2) is 42.0 Å². The molecule has 0 fully saturated rings. The summed E-state index contributed by atoms with van der Waals surface area (Å²) in [6, 6.07) is 7.82. The van der Waals surface area contributed by atoms with E-state index in [2.05, 4.69) is 0 Å². The number of rotatable bonds is 6. The number of nitrogens with zero attached hydrogens (tertiary/aromatic N) is 3. The number of amides is 3. The minimum absolute atomic E-state index is 0.0734. The zero-order chi connectivity index (χ0) is 18.3. The van der Waals surface area contributed by atoms with Crippen LogP contribution < -0.4 is 4.90 Å². The summed E-state index contributed by atoms with van der Waals surface area (Å²) in [5, 5.41) is 0. The molecule has 0 radical (unpaired) electrons. The van der Waals surface area contributed by atoms with E-state index in [9.17, 15) is 14.4 Å². The molecule has 0 unspecified atom stereocenters. The number of benzene rings is 1. The minimum atomic E-state index is -0.642. The van der Waals surface area contributed by atoms with Crippen molar-refractivity contribution in [2.45, 2.75) is 0 Å². The van der Waals surface area contributed by atoms with E-state index in [4.69, 9.17) is 0 Å². The molecule has 0 aliphatic heterocycles. The van der Waals surface area contributed by atoms with Crippen molar-refractivity contribution in [1.82, 2.24) is 9.80 Å². The lowest BCUT2D eigenvalue weighted by Crippen LogP contribution is -2.34. The van der Waals surface area contributed by atoms with Gasteiger partial charge in [-0.2, -0.15) is 0 Å². The average Bonchev–Trinajstić information content (AvgIpc) is 2.57. The highest BCUT2D eigenvalue weighted by molar-refractivity contribution is 6.20. The van der Waals surface area contributed by atoms with Crippen LogP contribution in [0.1, 0.15) is 5.56 Å². The maximum Gasteiger partial charge on any atom is 0.265 e. The molecule has 1 aromatic rings. The molecule has 6 nitrogen and oxygen atoms in total. The smallest absolute Gasteiger partial charge is 0.265 e. The van der Waals surface area contributed by atoms with Gasteiger partial charge in [0.15, 0.2) is 0 Å². The lowest BCUT2D eigenvalue weighted by Gasteiger charge is -2.15. The van der Waals surface area contributed by atoms with Crippen LogP contribution in [-0.2, 0) is 14.4 Å². The highest BCUT2D eigenvalue weighted by Crippen LogP contribution is 2.13. The molecule has 128 valence electrons. The topological polar surface area (TPSA) is 60.9 Å². The first-order valence-electron chi connectivity index (χ1n) is 7.37. The molecular weight excluding hydrogens is 306 g/mol. The summed E-state index contributed by atoms with van der Waals surface area (Å²) >= 11 is 0. The van der Waals surface area contributed by atoms with E-state index >= 15 is 0 Å². The molecule has 0 heterocycles. The molecule has 0 N–H and O–H groups in total. The van der Waals surface area contributed by atoms with Crippen LogP contribution in [0.4, 0.5) is 5.69 Å². The molecule has 6 heteroatoms. The first-order chi connectivity index (χ1) is 11.3. The van der Waals surface area contributed by atoms with Gasteiger partial charge in [0, 0.05) is 40.9 Å². The molecule has 0 aliphatic rings. The number of anilines is 1. The van der Waals surface area contributed by atoms with Gasteiger partial charge in [-0.25, -0.2) is 0 Å². The third kappa shape index (κ3) is 5.08. The number of hydrogen-bond acceptors (Lipinski definition) is 4. The van der Waals surface area contributed by atoms with E-state index in [0.717, 1.165) is 16.2 Å². The van der Waals surface area contributed by atoms with Gasteiger partial charge >= 0.3 is 0 Å². The van der Waals surface area contributed by atoms with Gasteiger partial charge in [-0.1, -0.05) is 24.3 Å². The zero-order valence-corrected chi connectivity index (χ0v) is 14.7. The Bertz CT molecular complexity index is 659. The minimum Gasteiger partial charge on any atom is -0.378 e. The standard InChI is InChI=1S/C18H23N3O3/c1-19(2)15-11-9-14(10-12-15)7-6-8-16(17(23)20(3)4)18(24)21(5)13-22/h6-13H,1-5H3. The predicted molar refractivity (Wildman–Crippen MR) is 95.4 cm³/mol. The van der Waals surface area contributed by atoms with Crippen LogP contribution in [0, 0.1) is 0 Å². The Morgan fingerprint density at radius 3 is 1.96 bits per heavy atom. The van der Waals surface area contributed by atoms with E-state index in [0.29, 0.717) is 6.41 Å². The van der Waals surface area contributed by atoms with Gasteiger partial charge in [0.2, 0.25) is 6.41 Å². The first kappa shape index (κ1) is 19.2. The molecule has 3 amide bonds. The van der Waals surface area contributed by atoms with E-state index in [1.165, 1.54) is 18.0 Å². The van der Waals surface area contributed by atoms with Gasteiger partial charge in [-0.15, -0.1) is 0 Å². The molecule has 1 rings (SSSR count). The van der Waals surface area contributed by atoms with Crippen molar-refractivity contribution in [3.8, 4) is 0 Å². The number of imide groups is 1. The Balaban J connectivity index is 3.03. The Morgan fingerprint density at radius 2 is 1.50 bits per heavy atom. The van der Waals surface area contributed by atoms with Crippen molar-refractivity contribution in [2.24, 2.45) is 0 Å². The molecule has 24 heavy (non-hydrogen) atoms. The van der Waals surface area contributed by atoms with Crippen molar-refractivity contribution >= 4 is 30.0 Å². The van der Waals surface area contributed by atoms with Gasteiger partial charge in [-0.05, 0) is 23.8 Å². The summed E-state index contributed by atoms with van der Waals surface area (Å²) in [7, 11) is 8.33. The van der Waals surface area contributed by atoms with Crippen molar-refractivity contribution in [2.75, 3.05) is 40.1 Å². The van der Waals surface area contributed by atoms with Crippen LogP contribution in [-0.4, -0.2) is 63.3 Å². The summed E-state index contributed by atoms with van der Waals surface area (Å²) < 4.78 is 0. The lowest BCUT2D eigenvalue weighted by atomic mass is 10.1. The molecule has 0 saturated carbocycles. The quantitative estimate of drug-likeness (QED) is 0.260. The van der Waals surface area contributed by atoms with Gasteiger partial charge in [0.25, 0.3) is 11.8 Å². The molecule has 0 aromatic heterocycles. The summed E-state index contributed by atoms with van der Waals surface area (Å²) in [6.07, 6.45) is 5.21. The number of carbonyl (C=O) groups excluding carboxylic acids is 3. The average molecular weight is 329 g/mol. The second kappa shape index (κ2) is 8.67. The van der Waals surface area contributed by atoms with Crippen molar-refractivity contribution in [3.63, 3.8) is 0 Å². The maximum atomic E-state index is 12.1. The fraction of sp³-hybridized carbons (Fsp3) is 0.278. The summed E-state index contributed by atoms with van der Waals surface area (Å²) in [6.45, 7) is 0. The van der Waals surface area contributed by atoms with E-state index in [-0.39, 0.29) is 5.57 Å². The molecule has 1 aromatic carbocycles. The van der Waals surface area contributed by atoms with Gasteiger partial charge < -0.3 is 9.80 Å². The number of carbonyl (C=O) groups is 3. The molecule has 0 atom stereocenters. The fourth-order valence-corrected chi connectivity index (χ4v) is 1.85. The van der Waals surface area contributed by atoms with Crippen molar-refractivity contribution in [3.05, 3.63) is 47.6 Å². The molecule has 0 bridgehead atoms. The van der Waals surface area contributed by atoms with Crippen LogP contribution in [0.5, 0.6) is 0 Å². The summed E-state index contributed by atoms with van der Waals surface area (Å²) in [4.78, 5) is 39.1. The monoisotopic (exact) mass is 329 g/mol. The van der Waals surface area contributed by atoms with Crippen LogP contribution >= 0.6 is 0 Å². The number of likely N-dealkylation sites (N-methyl/N-ethyl adjacent to an activating group) is 2. The zero-order valence-electron chi connectivity index (χ0n) is 14.7. The summed E-state index contributed by atoms with van der Waals surface area (Å²) in [5.74, 6) is -1.10. The van der Waals surface area contributed by atoms with Crippen molar-refractivity contribution in [1.29, 1.82) is 0 Å². The lowest BCUT2D eigenvalue weighted by molar-refractivity contribution is -0.136. The normalized spacial score (nSPS) is 11.3. The summed E-state index contributed by atoms with van der Waals surface area (Å²) in [5.41, 5.74) is 1.94. The van der Waals surface area contributed by atoms with Crippen molar-refractivity contribution < 1.29 is 14.4 Å². The van der Waals surface area contributed by atoms with Gasteiger partial charge in [0.05, 0.1) is 0 Å². The number of allylic oxidation sites excluding steroid dienone is 2. The third-order valence-electron chi connectivity index (χ3n) is 3.31. The first-order valence-corrected chi connectivity index (χ1v) is 7.37. The Hall–Kier alpha value is -2.89. The fourth-order valence-electron chi connectivity index (χ4n) is 1.85. The molecule has 0 aliphatic carbocycles. The Kier molecular flexibility index (Phi) is 6.92. The Morgan fingerprint density at radius 1 is 0.917 bits per heavy atom. The van der Waals surface area contributed by atoms with Crippen LogP contribution in [0.2, 0.25) is 0 Å². The van der Waals surface area contributed by atoms with E-state index in [1.807, 2.05) is 43.3 Å². The molecular formula is C18H23N3O3. The van der Waals surface area contributed by atoms with Crippen LogP contribution in [0.25, 0.3) is 6.08 Å². The highest BCUT2D eigenvalue weighted by Gasteiger charge is 2.22.